The van der Waals surface area contributed by atoms with Crippen molar-refractivity contribution in [1.82, 2.24) is 9.80 Å². The Hall–Kier alpha value is 1.74. The molecule has 0 amide bonds. The molecule has 0 atom stereocenters. The molecular weight excluding hydrogens is 330 g/mol. The predicted molar refractivity (Wildman–Crippen MR) is 77.2 cm³/mol. The third-order valence-electron chi connectivity index (χ3n) is 2.80. The summed E-state index contributed by atoms with van der Waals surface area (Å²) in [6, 6.07) is 0. The van der Waals surface area contributed by atoms with Crippen LogP contribution in [0.4, 0.5) is 0 Å². The monoisotopic (exact) mass is 348 g/mol. The molecule has 0 aromatic heterocycles. The third-order valence-corrected chi connectivity index (χ3v) is 4.19. The van der Waals surface area contributed by atoms with Gasteiger partial charge in [-0.25, -0.2) is 0 Å². The molecule has 8 nitrogen and oxygen atoms in total. The molecule has 0 saturated carbocycles. The Morgan fingerprint density at radius 3 is 1.15 bits per heavy atom. The Labute approximate surface area is 164 Å². The van der Waals surface area contributed by atoms with Crippen LogP contribution in [0.3, 0.4) is 0 Å². The molecule has 0 unspecified atom stereocenters. The summed E-state index contributed by atoms with van der Waals surface area (Å²) >= 11 is 0. The van der Waals surface area contributed by atoms with Crippen molar-refractivity contribution in [2.24, 2.45) is 0 Å². The number of hydrogen-bond donors (Lipinski definition) is 2. The summed E-state index contributed by atoms with van der Waals surface area (Å²) in [5.41, 5.74) is 0. The van der Waals surface area contributed by atoms with Crippen molar-refractivity contribution in [3.8, 4) is 0 Å². The molecule has 1 aliphatic rings. The molecule has 110 valence electrons. The van der Waals surface area contributed by atoms with Gasteiger partial charge in [0.05, 0.1) is 11.5 Å². The van der Waals surface area contributed by atoms with Gasteiger partial charge >= 0.3 is 0 Å². The Morgan fingerprint density at radius 2 is 0.950 bits per heavy atom. The topological polar surface area (TPSA) is 115 Å². The fraction of sp³-hybridized carbons (Fsp3) is 1.00. The summed E-state index contributed by atoms with van der Waals surface area (Å²) in [5, 5.41) is 0. The van der Waals surface area contributed by atoms with Gasteiger partial charge in [-0.2, -0.15) is 16.8 Å². The maximum Gasteiger partial charge on any atom is 0.266 e. The quantitative estimate of drug-likeness (QED) is 0.404. The zero-order valence-corrected chi connectivity index (χ0v) is 17.5. The van der Waals surface area contributed by atoms with Crippen LogP contribution in [0.5, 0.6) is 0 Å². The van der Waals surface area contributed by atoms with Crippen LogP contribution in [0.1, 0.15) is 0 Å². The summed E-state index contributed by atoms with van der Waals surface area (Å²) in [6.45, 7) is 2.99. The molecule has 0 aromatic carbocycles. The normalized spacial score (nSPS) is 18.1. The van der Waals surface area contributed by atoms with Gasteiger partial charge in [0.1, 0.15) is 0 Å². The second kappa shape index (κ2) is 10.5. The smallest absolute Gasteiger partial charge is 0.266 e. The van der Waals surface area contributed by atoms with Gasteiger partial charge in [0, 0.05) is 98.4 Å². The van der Waals surface area contributed by atoms with Gasteiger partial charge in [0.15, 0.2) is 0 Å². The number of hydrogen-bond acceptors (Lipinski definition) is 6. The molecule has 1 rings (SSSR count). The van der Waals surface area contributed by atoms with Crippen LogP contribution in [0.15, 0.2) is 0 Å². The largest absolute Gasteiger partial charge is 0.300 e. The number of piperazine rings is 1. The van der Waals surface area contributed by atoms with Crippen molar-refractivity contribution in [1.29, 1.82) is 0 Å². The van der Waals surface area contributed by atoms with Crippen LogP contribution in [0, 0.1) is 0 Å². The van der Waals surface area contributed by atoms with Crippen LogP contribution in [0.2, 0.25) is 0 Å². The zero-order valence-electron chi connectivity index (χ0n) is 11.9. The Bertz CT molecular complexity index is 417. The van der Waals surface area contributed by atoms with E-state index in [-0.39, 0.29) is 83.7 Å². The molecule has 1 fully saturated rings. The summed E-state index contributed by atoms with van der Waals surface area (Å²) < 4.78 is 59.5. The van der Waals surface area contributed by atoms with Gasteiger partial charge in [-0.05, 0) is 0 Å². The summed E-state index contributed by atoms with van der Waals surface area (Å²) in [5.74, 6) is -0.587. The molecule has 0 aliphatic carbocycles. The fourth-order valence-electron chi connectivity index (χ4n) is 1.73. The summed E-state index contributed by atoms with van der Waals surface area (Å²) in [7, 11) is -7.87. The maximum absolute atomic E-state index is 10.6. The molecule has 1 heterocycles. The SMILES string of the molecule is O=S(=O)(O)CCN1CCN(CCS(=O)(=O)O)CC1.[Na].[Na]. The molecule has 1 aliphatic heterocycles. The first-order valence-corrected chi connectivity index (χ1v) is 8.72. The molecule has 2 N–H and O–H groups in total. The van der Waals surface area contributed by atoms with E-state index in [1.165, 1.54) is 0 Å². The third kappa shape index (κ3) is 12.3. The molecule has 0 aromatic rings. The van der Waals surface area contributed by atoms with Gasteiger partial charge in [-0.1, -0.05) is 0 Å². The molecule has 0 bridgehead atoms. The minimum absolute atomic E-state index is 0. The second-order valence-electron chi connectivity index (χ2n) is 4.26. The standard InChI is InChI=1S/C8H18N2O6S2.2Na/c11-17(12,13)7-5-9-1-2-10(4-3-9)6-8-18(14,15)16;;/h1-8H2,(H,11,12,13)(H,14,15,16);;. The van der Waals surface area contributed by atoms with Gasteiger partial charge in [-0.15, -0.1) is 0 Å². The number of rotatable bonds is 6. The van der Waals surface area contributed by atoms with Crippen molar-refractivity contribution in [2.75, 3.05) is 50.8 Å². The summed E-state index contributed by atoms with van der Waals surface area (Å²) in [6.07, 6.45) is 0. The van der Waals surface area contributed by atoms with Crippen LogP contribution in [0.25, 0.3) is 0 Å². The Morgan fingerprint density at radius 1 is 0.700 bits per heavy atom. The van der Waals surface area contributed by atoms with Crippen LogP contribution in [-0.4, -0.2) is 146 Å². The van der Waals surface area contributed by atoms with E-state index in [9.17, 15) is 16.8 Å². The van der Waals surface area contributed by atoms with Crippen LogP contribution < -0.4 is 0 Å². The van der Waals surface area contributed by atoms with Crippen LogP contribution >= 0.6 is 0 Å². The minimum Gasteiger partial charge on any atom is -0.300 e. The van der Waals surface area contributed by atoms with Gasteiger partial charge in [-0.3, -0.25) is 18.9 Å². The second-order valence-corrected chi connectivity index (χ2v) is 7.40. The van der Waals surface area contributed by atoms with E-state index in [0.29, 0.717) is 26.2 Å². The van der Waals surface area contributed by atoms with E-state index in [0.717, 1.165) is 0 Å². The first-order valence-electron chi connectivity index (χ1n) is 5.51. The van der Waals surface area contributed by atoms with Crippen molar-refractivity contribution < 1.29 is 25.9 Å². The van der Waals surface area contributed by atoms with Crippen molar-refractivity contribution >= 4 is 79.4 Å². The van der Waals surface area contributed by atoms with Crippen molar-refractivity contribution in [2.45, 2.75) is 0 Å². The molecule has 1 saturated heterocycles. The average Bonchev–Trinajstić information content (AvgIpc) is 2.23. The summed E-state index contributed by atoms with van der Waals surface area (Å²) in [4.78, 5) is 3.77. The zero-order chi connectivity index (χ0) is 13.8. The van der Waals surface area contributed by atoms with Gasteiger partial charge < -0.3 is 0 Å². The molecule has 0 spiro atoms. The number of nitrogens with zero attached hydrogens (tertiary/aromatic N) is 2. The Balaban J connectivity index is 0. The van der Waals surface area contributed by atoms with E-state index in [2.05, 4.69) is 0 Å². The van der Waals surface area contributed by atoms with Gasteiger partial charge in [0.2, 0.25) is 0 Å². The molecule has 20 heavy (non-hydrogen) atoms. The molecular formula is C8H18N2Na2O6S2. The molecule has 12 heteroatoms. The van der Waals surface area contributed by atoms with Crippen molar-refractivity contribution in [3.05, 3.63) is 0 Å². The van der Waals surface area contributed by atoms with Crippen LogP contribution in [-0.2, 0) is 20.2 Å². The maximum atomic E-state index is 10.6. The first kappa shape index (κ1) is 24.0. The Kier molecular flexibility index (Phi) is 12.6. The van der Waals surface area contributed by atoms with E-state index >= 15 is 0 Å². The first-order chi connectivity index (χ1) is 8.16. The van der Waals surface area contributed by atoms with E-state index in [1.54, 1.807) is 0 Å². The fourth-order valence-corrected chi connectivity index (χ4v) is 2.70. The minimum atomic E-state index is -3.93. The van der Waals surface area contributed by atoms with Crippen molar-refractivity contribution in [3.63, 3.8) is 0 Å². The van der Waals surface area contributed by atoms with E-state index in [4.69, 9.17) is 9.11 Å². The van der Waals surface area contributed by atoms with Gasteiger partial charge in [0.25, 0.3) is 20.2 Å². The predicted octanol–water partition coefficient (Wildman–Crippen LogP) is -2.38. The average molecular weight is 348 g/mol. The molecule has 2 radical (unpaired) electrons. The van der Waals surface area contributed by atoms with E-state index < -0.39 is 20.2 Å². The van der Waals surface area contributed by atoms with E-state index in [1.807, 2.05) is 9.80 Å².